The summed E-state index contributed by atoms with van der Waals surface area (Å²) in [6, 6.07) is 3.26. The van der Waals surface area contributed by atoms with Gasteiger partial charge in [-0.05, 0) is 13.0 Å². The highest BCUT2D eigenvalue weighted by molar-refractivity contribution is 8.01. The zero-order valence-corrected chi connectivity index (χ0v) is 12.3. The number of aliphatic carboxylic acids is 1. The summed E-state index contributed by atoms with van der Waals surface area (Å²) in [4.78, 5) is 25.9. The van der Waals surface area contributed by atoms with Crippen LogP contribution in [0.3, 0.4) is 0 Å². The van der Waals surface area contributed by atoms with E-state index < -0.39 is 16.7 Å². The first-order valence-corrected chi connectivity index (χ1v) is 7.29. The number of rotatable bonds is 5. The van der Waals surface area contributed by atoms with E-state index in [2.05, 4.69) is 4.98 Å². The zero-order valence-electron chi connectivity index (χ0n) is 10.7. The lowest BCUT2D eigenvalue weighted by Crippen LogP contribution is -1.99. The molecule has 0 bridgehead atoms. The van der Waals surface area contributed by atoms with Crippen LogP contribution in [-0.2, 0) is 11.2 Å². The van der Waals surface area contributed by atoms with E-state index in [1.165, 1.54) is 23.5 Å². The van der Waals surface area contributed by atoms with Gasteiger partial charge in [0.2, 0.25) is 0 Å². The molecule has 2 rings (SSSR count). The van der Waals surface area contributed by atoms with Gasteiger partial charge in [-0.1, -0.05) is 11.8 Å². The molecule has 0 saturated heterocycles. The van der Waals surface area contributed by atoms with Crippen molar-refractivity contribution in [3.8, 4) is 0 Å². The van der Waals surface area contributed by atoms with Crippen molar-refractivity contribution < 1.29 is 19.2 Å². The molecular formula is C12H9FN2O4S2. The number of aromatic nitrogens is 1. The Bertz CT molecular complexity index is 717. The van der Waals surface area contributed by atoms with Gasteiger partial charge >= 0.3 is 5.97 Å². The maximum absolute atomic E-state index is 13.3. The Hall–Kier alpha value is -2.00. The predicted octanol–water partition coefficient (Wildman–Crippen LogP) is 3.28. The molecule has 0 atom stereocenters. The van der Waals surface area contributed by atoms with Gasteiger partial charge in [-0.3, -0.25) is 14.9 Å². The number of nitro groups is 1. The average molecular weight is 328 g/mol. The van der Waals surface area contributed by atoms with E-state index in [4.69, 9.17) is 5.11 Å². The van der Waals surface area contributed by atoms with Gasteiger partial charge < -0.3 is 5.11 Å². The van der Waals surface area contributed by atoms with Crippen LogP contribution >= 0.6 is 23.1 Å². The topological polar surface area (TPSA) is 93.3 Å². The smallest absolute Gasteiger partial charge is 0.308 e. The first-order chi connectivity index (χ1) is 9.85. The number of carbonyl (C=O) groups is 1. The lowest BCUT2D eigenvalue weighted by molar-refractivity contribution is -0.385. The van der Waals surface area contributed by atoms with E-state index in [-0.39, 0.29) is 12.1 Å². The summed E-state index contributed by atoms with van der Waals surface area (Å²) in [5.74, 6) is -1.66. The molecule has 0 saturated carbocycles. The molecular weight excluding hydrogens is 319 g/mol. The van der Waals surface area contributed by atoms with E-state index in [1.807, 2.05) is 0 Å². The summed E-state index contributed by atoms with van der Waals surface area (Å²) in [6.45, 7) is 1.69. The molecule has 110 valence electrons. The third-order valence-electron chi connectivity index (χ3n) is 2.46. The van der Waals surface area contributed by atoms with Crippen LogP contribution in [0.15, 0.2) is 27.4 Å². The zero-order chi connectivity index (χ0) is 15.6. The second-order valence-electron chi connectivity index (χ2n) is 4.06. The molecule has 0 spiro atoms. The van der Waals surface area contributed by atoms with Crippen molar-refractivity contribution in [2.45, 2.75) is 22.6 Å². The minimum atomic E-state index is -0.959. The Morgan fingerprint density at radius 3 is 2.86 bits per heavy atom. The van der Waals surface area contributed by atoms with Crippen LogP contribution in [0.5, 0.6) is 0 Å². The Morgan fingerprint density at radius 1 is 1.52 bits per heavy atom. The largest absolute Gasteiger partial charge is 0.481 e. The molecule has 1 heterocycles. The van der Waals surface area contributed by atoms with Crippen molar-refractivity contribution in [3.63, 3.8) is 0 Å². The number of halogens is 1. The number of nitrogens with zero attached hydrogens (tertiary/aromatic N) is 2. The normalized spacial score (nSPS) is 10.6. The number of nitro benzene ring substituents is 1. The summed E-state index contributed by atoms with van der Waals surface area (Å²) in [7, 11) is 0. The predicted molar refractivity (Wildman–Crippen MR) is 75.4 cm³/mol. The molecule has 6 nitrogen and oxygen atoms in total. The molecule has 0 aliphatic rings. The monoisotopic (exact) mass is 328 g/mol. The number of carboxylic acids is 1. The molecule has 2 aromatic rings. The van der Waals surface area contributed by atoms with Gasteiger partial charge in [-0.2, -0.15) is 0 Å². The van der Waals surface area contributed by atoms with Crippen molar-refractivity contribution in [1.82, 2.24) is 4.98 Å². The van der Waals surface area contributed by atoms with Gasteiger partial charge in [0.1, 0.15) is 5.82 Å². The fraction of sp³-hybridized carbons (Fsp3) is 0.167. The van der Waals surface area contributed by atoms with E-state index >= 15 is 0 Å². The number of thiazole rings is 1. The molecule has 1 aromatic carbocycles. The summed E-state index contributed by atoms with van der Waals surface area (Å²) in [5, 5.41) is 19.5. The Kier molecular flexibility index (Phi) is 4.53. The summed E-state index contributed by atoms with van der Waals surface area (Å²) in [6.07, 6.45) is -0.132. The van der Waals surface area contributed by atoms with Gasteiger partial charge in [-0.15, -0.1) is 11.3 Å². The van der Waals surface area contributed by atoms with Crippen LogP contribution in [0.1, 0.15) is 10.6 Å². The van der Waals surface area contributed by atoms with Crippen LogP contribution in [-0.4, -0.2) is 21.0 Å². The average Bonchev–Trinajstić information content (AvgIpc) is 2.67. The first-order valence-electron chi connectivity index (χ1n) is 5.66. The molecule has 0 amide bonds. The van der Waals surface area contributed by atoms with Gasteiger partial charge in [0, 0.05) is 15.8 Å². The van der Waals surface area contributed by atoms with Crippen molar-refractivity contribution in [1.29, 1.82) is 0 Å². The Labute approximate surface area is 126 Å². The maximum atomic E-state index is 13.3. The second-order valence-corrected chi connectivity index (χ2v) is 6.47. The van der Waals surface area contributed by atoms with Crippen LogP contribution < -0.4 is 0 Å². The van der Waals surface area contributed by atoms with Crippen molar-refractivity contribution in [2.24, 2.45) is 0 Å². The standard InChI is InChI=1S/C12H9FN2O4S2/c1-6-10(5-11(16)17)21-12(14-6)20-9-3-7(13)2-8(4-9)15(18)19/h2-4H,5H2,1H3,(H,16,17). The third-order valence-corrected chi connectivity index (χ3v) is 4.65. The third kappa shape index (κ3) is 3.99. The van der Waals surface area contributed by atoms with Gasteiger partial charge in [0.25, 0.3) is 5.69 Å². The number of carboxylic acid groups (broad SMARTS) is 1. The Balaban J connectivity index is 2.26. The lowest BCUT2D eigenvalue weighted by Gasteiger charge is -1.98. The molecule has 0 fully saturated rings. The van der Waals surface area contributed by atoms with Gasteiger partial charge in [0.15, 0.2) is 4.34 Å². The van der Waals surface area contributed by atoms with E-state index in [0.29, 0.717) is 19.8 Å². The summed E-state index contributed by atoms with van der Waals surface area (Å²) in [5.41, 5.74) is 0.257. The fourth-order valence-corrected chi connectivity index (χ4v) is 3.83. The maximum Gasteiger partial charge on any atom is 0.308 e. The lowest BCUT2D eigenvalue weighted by atomic mass is 10.3. The SMILES string of the molecule is Cc1nc(Sc2cc(F)cc([N+](=O)[O-])c2)sc1CC(=O)O. The van der Waals surface area contributed by atoms with E-state index in [1.54, 1.807) is 6.92 Å². The van der Waals surface area contributed by atoms with Crippen LogP contribution in [0.2, 0.25) is 0 Å². The van der Waals surface area contributed by atoms with E-state index in [0.717, 1.165) is 17.8 Å². The van der Waals surface area contributed by atoms with Gasteiger partial charge in [-0.25, -0.2) is 9.37 Å². The number of aryl methyl sites for hydroxylation is 1. The van der Waals surface area contributed by atoms with Crippen LogP contribution in [0.4, 0.5) is 10.1 Å². The number of hydrogen-bond donors (Lipinski definition) is 1. The molecule has 9 heteroatoms. The van der Waals surface area contributed by atoms with Crippen molar-refractivity contribution >= 4 is 34.8 Å². The van der Waals surface area contributed by atoms with Crippen LogP contribution in [0, 0.1) is 22.9 Å². The van der Waals surface area contributed by atoms with E-state index in [9.17, 15) is 19.3 Å². The van der Waals surface area contributed by atoms with Crippen LogP contribution in [0.25, 0.3) is 0 Å². The minimum absolute atomic E-state index is 0.132. The Morgan fingerprint density at radius 2 is 2.24 bits per heavy atom. The fourth-order valence-electron chi connectivity index (χ4n) is 1.56. The molecule has 0 aliphatic carbocycles. The second kappa shape index (κ2) is 6.19. The minimum Gasteiger partial charge on any atom is -0.481 e. The highest BCUT2D eigenvalue weighted by Gasteiger charge is 2.15. The van der Waals surface area contributed by atoms with Gasteiger partial charge in [0.05, 0.1) is 23.1 Å². The molecule has 1 N–H and O–H groups in total. The number of benzene rings is 1. The van der Waals surface area contributed by atoms with Crippen molar-refractivity contribution in [3.05, 3.63) is 44.7 Å². The summed E-state index contributed by atoms with van der Waals surface area (Å²) >= 11 is 2.25. The first kappa shape index (κ1) is 15.4. The molecule has 1 aromatic heterocycles. The number of hydrogen-bond acceptors (Lipinski definition) is 6. The summed E-state index contributed by atoms with van der Waals surface area (Å²) < 4.78 is 13.9. The molecule has 0 unspecified atom stereocenters. The highest BCUT2D eigenvalue weighted by atomic mass is 32.2. The molecule has 21 heavy (non-hydrogen) atoms. The molecule has 0 radical (unpaired) electrons. The van der Waals surface area contributed by atoms with Crippen molar-refractivity contribution in [2.75, 3.05) is 0 Å². The quantitative estimate of drug-likeness (QED) is 0.669. The molecule has 0 aliphatic heterocycles. The number of non-ortho nitro benzene ring substituents is 1. The highest BCUT2D eigenvalue weighted by Crippen LogP contribution is 2.35.